The number of ether oxygens (including phenoxy) is 1. The number of rotatable bonds is 10. The molecule has 5 rings (SSSR count). The number of carbonyl (C=O) groups excluding carboxylic acids is 2. The van der Waals surface area contributed by atoms with Gasteiger partial charge in [0.2, 0.25) is 5.91 Å². The van der Waals surface area contributed by atoms with Gasteiger partial charge in [-0.1, -0.05) is 85.8 Å². The van der Waals surface area contributed by atoms with Gasteiger partial charge >= 0.3 is 0 Å². The molecule has 1 N–H and O–H groups in total. The number of anilines is 1. The highest BCUT2D eigenvalue weighted by Gasteiger charge is 2.32. The van der Waals surface area contributed by atoms with Crippen LogP contribution >= 0.6 is 0 Å². The maximum absolute atomic E-state index is 14.1. The Morgan fingerprint density at radius 1 is 0.854 bits per heavy atom. The second-order valence-corrected chi connectivity index (χ2v) is 10.2. The van der Waals surface area contributed by atoms with Crippen LogP contribution in [0.5, 0.6) is 5.75 Å². The van der Waals surface area contributed by atoms with Crippen molar-refractivity contribution in [3.8, 4) is 5.75 Å². The maximum atomic E-state index is 14.1. The summed E-state index contributed by atoms with van der Waals surface area (Å²) in [7, 11) is 1.59. The molecule has 0 aliphatic heterocycles. The van der Waals surface area contributed by atoms with Crippen LogP contribution in [-0.2, 0) is 22.7 Å². The third kappa shape index (κ3) is 6.44. The summed E-state index contributed by atoms with van der Waals surface area (Å²) in [6, 6.07) is 31.3. The van der Waals surface area contributed by atoms with Crippen LogP contribution in [0, 0.1) is 0 Å². The van der Waals surface area contributed by atoms with Crippen molar-refractivity contribution in [2.24, 2.45) is 0 Å². The number of fused-ring (bicyclic) bond motifs is 1. The summed E-state index contributed by atoms with van der Waals surface area (Å²) in [6.45, 7) is 4.41. The molecule has 0 aliphatic carbocycles. The predicted molar refractivity (Wildman–Crippen MR) is 159 cm³/mol. The van der Waals surface area contributed by atoms with Gasteiger partial charge in [0.25, 0.3) is 5.91 Å². The number of amides is 2. The molecule has 1 atom stereocenters. The first-order valence-corrected chi connectivity index (χ1v) is 13.6. The maximum Gasteiger partial charge on any atom is 0.251 e. The first kappa shape index (κ1) is 27.6. The minimum atomic E-state index is -0.902. The summed E-state index contributed by atoms with van der Waals surface area (Å²) < 4.78 is 6.84. The highest BCUT2D eigenvalue weighted by Crippen LogP contribution is 2.28. The third-order valence-corrected chi connectivity index (χ3v) is 7.06. The highest BCUT2D eigenvalue weighted by molar-refractivity contribution is 5.98. The van der Waals surface area contributed by atoms with Gasteiger partial charge in [-0.15, -0.1) is 5.10 Å². The van der Waals surface area contributed by atoms with Crippen molar-refractivity contribution in [1.29, 1.82) is 0 Å². The molecule has 0 bridgehead atoms. The molecule has 4 aromatic carbocycles. The zero-order valence-electron chi connectivity index (χ0n) is 23.4. The molecule has 1 unspecified atom stereocenters. The van der Waals surface area contributed by atoms with Gasteiger partial charge in [0.05, 0.1) is 12.6 Å². The lowest BCUT2D eigenvalue weighted by Gasteiger charge is -2.32. The first-order valence-electron chi connectivity index (χ1n) is 13.6. The Morgan fingerprint density at radius 2 is 1.51 bits per heavy atom. The van der Waals surface area contributed by atoms with Gasteiger partial charge in [-0.2, -0.15) is 0 Å². The lowest BCUT2D eigenvalue weighted by molar-refractivity contribution is -0.140. The number of nitrogens with zero attached hydrogens (tertiary/aromatic N) is 4. The molecule has 1 aromatic heterocycles. The number of nitrogens with one attached hydrogen (secondary N) is 1. The summed E-state index contributed by atoms with van der Waals surface area (Å²) in [4.78, 5) is 29.8. The Morgan fingerprint density at radius 3 is 2.20 bits per heavy atom. The minimum Gasteiger partial charge on any atom is -0.497 e. The fourth-order valence-electron chi connectivity index (χ4n) is 4.78. The molecule has 5 aromatic rings. The molecular weight excluding hydrogens is 514 g/mol. The van der Waals surface area contributed by atoms with E-state index in [0.29, 0.717) is 28.4 Å². The Balaban J connectivity index is 1.54. The molecule has 208 valence electrons. The van der Waals surface area contributed by atoms with E-state index in [1.54, 1.807) is 41.0 Å². The smallest absolute Gasteiger partial charge is 0.251 e. The molecule has 0 saturated carbocycles. The van der Waals surface area contributed by atoms with Crippen LogP contribution < -0.4 is 10.1 Å². The molecule has 8 heteroatoms. The zero-order chi connectivity index (χ0) is 28.8. The number of carbonyl (C=O) groups is 2. The topological polar surface area (TPSA) is 89.4 Å². The largest absolute Gasteiger partial charge is 0.497 e. The standard InChI is InChI=1S/C33H33N5O3/c1-23(2)25-13-15-26(16-14-25)32(33(40)34-27-17-19-28(41-3)20-18-27)37(21-24-9-5-4-6-10-24)31(39)22-38-30-12-8-7-11-29(30)35-36-38/h4-20,23,32H,21-22H2,1-3H3,(H,34,40). The summed E-state index contributed by atoms with van der Waals surface area (Å²) in [6.07, 6.45) is 0. The van der Waals surface area contributed by atoms with Gasteiger partial charge in [-0.05, 0) is 59.0 Å². The number of hydrogen-bond donors (Lipinski definition) is 1. The van der Waals surface area contributed by atoms with Gasteiger partial charge in [0.1, 0.15) is 23.9 Å². The molecule has 0 radical (unpaired) electrons. The van der Waals surface area contributed by atoms with Crippen molar-refractivity contribution in [3.05, 3.63) is 120 Å². The van der Waals surface area contributed by atoms with E-state index in [0.717, 1.165) is 16.6 Å². The Labute approximate surface area is 239 Å². The molecule has 0 spiro atoms. The van der Waals surface area contributed by atoms with Crippen molar-refractivity contribution in [2.75, 3.05) is 12.4 Å². The van der Waals surface area contributed by atoms with Crippen molar-refractivity contribution >= 4 is 28.5 Å². The molecule has 1 heterocycles. The zero-order valence-corrected chi connectivity index (χ0v) is 23.4. The van der Waals surface area contributed by atoms with Gasteiger partial charge in [-0.25, -0.2) is 4.68 Å². The first-order chi connectivity index (χ1) is 19.9. The van der Waals surface area contributed by atoms with Crippen LogP contribution in [0.25, 0.3) is 11.0 Å². The fourth-order valence-corrected chi connectivity index (χ4v) is 4.78. The van der Waals surface area contributed by atoms with E-state index < -0.39 is 6.04 Å². The Hall–Kier alpha value is -4.98. The highest BCUT2D eigenvalue weighted by atomic mass is 16.5. The SMILES string of the molecule is COc1ccc(NC(=O)C(c2ccc(C(C)C)cc2)N(Cc2ccccc2)C(=O)Cn2nnc3ccccc32)cc1. The summed E-state index contributed by atoms with van der Waals surface area (Å²) in [5, 5.41) is 11.4. The average Bonchev–Trinajstić information content (AvgIpc) is 3.40. The van der Waals surface area contributed by atoms with Crippen molar-refractivity contribution in [3.63, 3.8) is 0 Å². The molecule has 0 fully saturated rings. The third-order valence-electron chi connectivity index (χ3n) is 7.06. The lowest BCUT2D eigenvalue weighted by atomic mass is 9.97. The number of benzene rings is 4. The Bertz CT molecular complexity index is 1610. The van der Waals surface area contributed by atoms with E-state index in [1.165, 1.54) is 0 Å². The number of aromatic nitrogens is 3. The van der Waals surface area contributed by atoms with Crippen LogP contribution in [0.1, 0.15) is 42.5 Å². The molecule has 2 amide bonds. The minimum absolute atomic E-state index is 0.0657. The predicted octanol–water partition coefficient (Wildman–Crippen LogP) is 5.97. The van der Waals surface area contributed by atoms with Gasteiger partial charge in [0.15, 0.2) is 0 Å². The molecule has 0 aliphatic rings. The van der Waals surface area contributed by atoms with Crippen LogP contribution in [0.4, 0.5) is 5.69 Å². The molecular formula is C33H33N5O3. The van der Waals surface area contributed by atoms with Crippen LogP contribution in [0.3, 0.4) is 0 Å². The number of para-hydroxylation sites is 1. The van der Waals surface area contributed by atoms with Crippen molar-refractivity contribution < 1.29 is 14.3 Å². The van der Waals surface area contributed by atoms with E-state index >= 15 is 0 Å². The van der Waals surface area contributed by atoms with Crippen LogP contribution in [0.15, 0.2) is 103 Å². The monoisotopic (exact) mass is 547 g/mol. The van der Waals surface area contributed by atoms with Crippen molar-refractivity contribution in [1.82, 2.24) is 19.9 Å². The molecule has 8 nitrogen and oxygen atoms in total. The Kier molecular flexibility index (Phi) is 8.39. The van der Waals surface area contributed by atoms with E-state index in [9.17, 15) is 9.59 Å². The summed E-state index contributed by atoms with van der Waals surface area (Å²) in [5.74, 6) is 0.440. The second-order valence-electron chi connectivity index (χ2n) is 10.2. The van der Waals surface area contributed by atoms with Gasteiger partial charge < -0.3 is 15.0 Å². The quantitative estimate of drug-likeness (QED) is 0.233. The molecule has 41 heavy (non-hydrogen) atoms. The number of methoxy groups -OCH3 is 1. The van der Waals surface area contributed by atoms with E-state index in [-0.39, 0.29) is 24.9 Å². The van der Waals surface area contributed by atoms with Gasteiger partial charge in [-0.3, -0.25) is 9.59 Å². The van der Waals surface area contributed by atoms with Crippen LogP contribution in [0.2, 0.25) is 0 Å². The summed E-state index contributed by atoms with van der Waals surface area (Å²) >= 11 is 0. The normalized spacial score (nSPS) is 11.8. The fraction of sp³-hybridized carbons (Fsp3) is 0.212. The molecule has 0 saturated heterocycles. The van der Waals surface area contributed by atoms with E-state index in [1.807, 2.05) is 78.9 Å². The van der Waals surface area contributed by atoms with Gasteiger partial charge in [0, 0.05) is 12.2 Å². The lowest BCUT2D eigenvalue weighted by Crippen LogP contribution is -2.42. The number of hydrogen-bond acceptors (Lipinski definition) is 5. The van der Waals surface area contributed by atoms with Crippen molar-refractivity contribution in [2.45, 2.75) is 38.9 Å². The average molecular weight is 548 g/mol. The van der Waals surface area contributed by atoms with E-state index in [2.05, 4.69) is 29.5 Å². The second kappa shape index (κ2) is 12.5. The summed E-state index contributed by atoms with van der Waals surface area (Å²) in [5.41, 5.74) is 4.83. The van der Waals surface area contributed by atoms with Crippen LogP contribution in [-0.4, -0.2) is 38.8 Å². The van der Waals surface area contributed by atoms with E-state index in [4.69, 9.17) is 4.74 Å².